The Labute approximate surface area is 130 Å². The highest BCUT2D eigenvalue weighted by atomic mass is 35.5. The number of nitrogens with one attached hydrogen (secondary N) is 1. The highest BCUT2D eigenvalue weighted by Gasteiger charge is 2.10. The van der Waals surface area contributed by atoms with Crippen LogP contribution >= 0.6 is 22.9 Å². The molecule has 7 heteroatoms. The second-order valence-electron chi connectivity index (χ2n) is 4.19. The normalized spacial score (nSPS) is 10.6. The first kappa shape index (κ1) is 13.9. The second kappa shape index (κ2) is 6.15. The maximum absolute atomic E-state index is 5.98. The molecule has 2 heterocycles. The molecule has 3 aromatic rings. The Bertz CT molecular complexity index is 728. The minimum atomic E-state index is 0.398. The van der Waals surface area contributed by atoms with Gasteiger partial charge >= 0.3 is 0 Å². The first-order valence-electron chi connectivity index (χ1n) is 6.20. The molecule has 0 amide bonds. The minimum Gasteiger partial charge on any atom is -0.495 e. The molecular weight excluding hydrogens is 310 g/mol. The molecule has 0 aliphatic rings. The number of rotatable bonds is 5. The van der Waals surface area contributed by atoms with Crippen molar-refractivity contribution in [3.8, 4) is 16.5 Å². The number of benzene rings is 1. The van der Waals surface area contributed by atoms with Crippen LogP contribution in [-0.4, -0.2) is 17.3 Å². The zero-order valence-electron chi connectivity index (χ0n) is 11.2. The maximum atomic E-state index is 5.98. The minimum absolute atomic E-state index is 0.398. The molecule has 0 aliphatic heterocycles. The molecule has 3 rings (SSSR count). The first-order valence-corrected chi connectivity index (χ1v) is 7.46. The Kier molecular flexibility index (Phi) is 4.08. The number of ether oxygens (including phenoxy) is 1. The molecule has 5 nitrogen and oxygen atoms in total. The van der Waals surface area contributed by atoms with Crippen molar-refractivity contribution < 1.29 is 9.26 Å². The lowest BCUT2D eigenvalue weighted by molar-refractivity contribution is 0.383. The zero-order valence-corrected chi connectivity index (χ0v) is 12.7. The van der Waals surface area contributed by atoms with Gasteiger partial charge in [-0.1, -0.05) is 22.8 Å². The van der Waals surface area contributed by atoms with E-state index in [4.69, 9.17) is 20.9 Å². The van der Waals surface area contributed by atoms with Crippen molar-refractivity contribution in [2.75, 3.05) is 12.4 Å². The molecule has 0 atom stereocenters. The van der Waals surface area contributed by atoms with Crippen LogP contribution in [0.25, 0.3) is 10.7 Å². The Balaban J connectivity index is 1.72. The van der Waals surface area contributed by atoms with Gasteiger partial charge in [-0.15, -0.1) is 11.3 Å². The maximum Gasteiger partial charge on any atom is 0.246 e. The van der Waals surface area contributed by atoms with Gasteiger partial charge in [-0.05, 0) is 29.6 Å². The number of aromatic nitrogens is 2. The van der Waals surface area contributed by atoms with Crippen LogP contribution < -0.4 is 10.1 Å². The highest BCUT2D eigenvalue weighted by molar-refractivity contribution is 7.13. The van der Waals surface area contributed by atoms with E-state index in [1.54, 1.807) is 36.6 Å². The van der Waals surface area contributed by atoms with Crippen LogP contribution in [0, 0.1) is 0 Å². The standard InChI is InChI=1S/C14H12ClN3O2S/c1-19-11-5-4-9(15)7-10(11)16-8-13-17-14(18-20-13)12-3-2-6-21-12/h2-7,16H,8H2,1H3. The molecule has 0 spiro atoms. The molecule has 0 bridgehead atoms. The summed E-state index contributed by atoms with van der Waals surface area (Å²) < 4.78 is 10.5. The largest absolute Gasteiger partial charge is 0.495 e. The summed E-state index contributed by atoms with van der Waals surface area (Å²) in [5.41, 5.74) is 0.779. The van der Waals surface area contributed by atoms with E-state index in [0.717, 1.165) is 10.6 Å². The van der Waals surface area contributed by atoms with Crippen molar-refractivity contribution >= 4 is 28.6 Å². The summed E-state index contributed by atoms with van der Waals surface area (Å²) in [6.45, 7) is 0.398. The summed E-state index contributed by atoms with van der Waals surface area (Å²) in [7, 11) is 1.61. The molecular formula is C14H12ClN3O2S. The van der Waals surface area contributed by atoms with E-state index in [-0.39, 0.29) is 0 Å². The highest BCUT2D eigenvalue weighted by Crippen LogP contribution is 2.28. The van der Waals surface area contributed by atoms with E-state index in [0.29, 0.717) is 29.0 Å². The molecule has 0 saturated carbocycles. The smallest absolute Gasteiger partial charge is 0.246 e. The van der Waals surface area contributed by atoms with E-state index in [2.05, 4.69) is 15.5 Å². The van der Waals surface area contributed by atoms with Crippen molar-refractivity contribution in [2.24, 2.45) is 0 Å². The van der Waals surface area contributed by atoms with Crippen LogP contribution in [0.3, 0.4) is 0 Å². The third-order valence-corrected chi connectivity index (χ3v) is 3.90. The fourth-order valence-electron chi connectivity index (χ4n) is 1.82. The summed E-state index contributed by atoms with van der Waals surface area (Å²) in [5, 5.41) is 9.74. The van der Waals surface area contributed by atoms with Crippen LogP contribution in [-0.2, 0) is 6.54 Å². The molecule has 0 radical (unpaired) electrons. The summed E-state index contributed by atoms with van der Waals surface area (Å²) in [6.07, 6.45) is 0. The first-order chi connectivity index (χ1) is 10.3. The molecule has 21 heavy (non-hydrogen) atoms. The van der Waals surface area contributed by atoms with Crippen molar-refractivity contribution in [1.29, 1.82) is 0 Å². The Morgan fingerprint density at radius 1 is 1.38 bits per heavy atom. The number of hydrogen-bond acceptors (Lipinski definition) is 6. The topological polar surface area (TPSA) is 60.2 Å². The van der Waals surface area contributed by atoms with Gasteiger partial charge in [0, 0.05) is 5.02 Å². The Morgan fingerprint density at radius 2 is 2.29 bits per heavy atom. The number of anilines is 1. The van der Waals surface area contributed by atoms with Crippen LogP contribution in [0.4, 0.5) is 5.69 Å². The summed E-state index contributed by atoms with van der Waals surface area (Å²) in [6, 6.07) is 9.26. The molecule has 0 unspecified atom stereocenters. The van der Waals surface area contributed by atoms with Crippen molar-refractivity contribution in [2.45, 2.75) is 6.54 Å². The van der Waals surface area contributed by atoms with Crippen molar-refractivity contribution in [3.05, 3.63) is 46.6 Å². The number of hydrogen-bond donors (Lipinski definition) is 1. The lowest BCUT2D eigenvalue weighted by Crippen LogP contribution is -2.01. The third kappa shape index (κ3) is 3.17. The van der Waals surface area contributed by atoms with Gasteiger partial charge in [0.25, 0.3) is 0 Å². The quantitative estimate of drug-likeness (QED) is 0.767. The van der Waals surface area contributed by atoms with Gasteiger partial charge in [0.05, 0.1) is 24.2 Å². The molecule has 0 saturated heterocycles. The van der Waals surface area contributed by atoms with E-state index >= 15 is 0 Å². The van der Waals surface area contributed by atoms with Gasteiger partial charge in [-0.2, -0.15) is 4.98 Å². The van der Waals surface area contributed by atoms with Crippen LogP contribution in [0.1, 0.15) is 5.89 Å². The van der Waals surface area contributed by atoms with Crippen molar-refractivity contribution in [1.82, 2.24) is 10.1 Å². The molecule has 0 aliphatic carbocycles. The zero-order chi connectivity index (χ0) is 14.7. The van der Waals surface area contributed by atoms with E-state index in [1.165, 1.54) is 0 Å². The van der Waals surface area contributed by atoms with Crippen LogP contribution in [0.2, 0.25) is 5.02 Å². The fourth-order valence-corrected chi connectivity index (χ4v) is 2.64. The van der Waals surface area contributed by atoms with E-state index < -0.39 is 0 Å². The lowest BCUT2D eigenvalue weighted by atomic mass is 10.3. The van der Waals surface area contributed by atoms with Gasteiger partial charge in [-0.25, -0.2) is 0 Å². The predicted molar refractivity (Wildman–Crippen MR) is 82.9 cm³/mol. The van der Waals surface area contributed by atoms with Gasteiger partial charge in [0.2, 0.25) is 11.7 Å². The van der Waals surface area contributed by atoms with Crippen LogP contribution in [0.5, 0.6) is 5.75 Å². The van der Waals surface area contributed by atoms with Gasteiger partial charge in [0.15, 0.2) is 0 Å². The number of methoxy groups -OCH3 is 1. The average Bonchev–Trinajstić information content (AvgIpc) is 3.16. The van der Waals surface area contributed by atoms with Crippen LogP contribution in [0.15, 0.2) is 40.2 Å². The molecule has 108 valence electrons. The fraction of sp³-hybridized carbons (Fsp3) is 0.143. The van der Waals surface area contributed by atoms with E-state index in [1.807, 2.05) is 17.5 Å². The Morgan fingerprint density at radius 3 is 3.05 bits per heavy atom. The molecule has 2 aromatic heterocycles. The van der Waals surface area contributed by atoms with Gasteiger partial charge in [-0.3, -0.25) is 0 Å². The number of thiophene rings is 1. The molecule has 1 aromatic carbocycles. The van der Waals surface area contributed by atoms with E-state index in [9.17, 15) is 0 Å². The van der Waals surface area contributed by atoms with Gasteiger partial charge < -0.3 is 14.6 Å². The monoisotopic (exact) mass is 321 g/mol. The molecule has 1 N–H and O–H groups in total. The predicted octanol–water partition coefficient (Wildman–Crippen LogP) is 4.07. The summed E-state index contributed by atoms with van der Waals surface area (Å²) in [5.74, 6) is 1.80. The number of halogens is 1. The SMILES string of the molecule is COc1ccc(Cl)cc1NCc1nc(-c2cccs2)no1. The van der Waals surface area contributed by atoms with Crippen molar-refractivity contribution in [3.63, 3.8) is 0 Å². The second-order valence-corrected chi connectivity index (χ2v) is 5.57. The number of nitrogens with zero attached hydrogens (tertiary/aromatic N) is 2. The molecule has 0 fully saturated rings. The summed E-state index contributed by atoms with van der Waals surface area (Å²) >= 11 is 7.55. The van der Waals surface area contributed by atoms with Gasteiger partial charge in [0.1, 0.15) is 5.75 Å². The summed E-state index contributed by atoms with van der Waals surface area (Å²) in [4.78, 5) is 5.32. The Hall–Kier alpha value is -2.05. The average molecular weight is 322 g/mol. The third-order valence-electron chi connectivity index (χ3n) is 2.80. The lowest BCUT2D eigenvalue weighted by Gasteiger charge is -2.09.